The van der Waals surface area contributed by atoms with Crippen LogP contribution >= 0.6 is 11.6 Å². The lowest BCUT2D eigenvalue weighted by molar-refractivity contribution is -0.145. The van der Waals surface area contributed by atoms with E-state index in [1.165, 1.54) is 0 Å². The van der Waals surface area contributed by atoms with Crippen LogP contribution in [0.5, 0.6) is 0 Å². The maximum atomic E-state index is 12.5. The van der Waals surface area contributed by atoms with Crippen molar-refractivity contribution >= 4 is 29.2 Å². The van der Waals surface area contributed by atoms with Crippen LogP contribution in [0.3, 0.4) is 0 Å². The van der Waals surface area contributed by atoms with Crippen LogP contribution in [-0.2, 0) is 14.3 Å². The molecule has 0 radical (unpaired) electrons. The van der Waals surface area contributed by atoms with Crippen molar-refractivity contribution in [3.63, 3.8) is 0 Å². The van der Waals surface area contributed by atoms with Crippen molar-refractivity contribution in [1.29, 1.82) is 0 Å². The minimum atomic E-state index is -0.245. The Kier molecular flexibility index (Phi) is 2.58. The zero-order valence-electron chi connectivity index (χ0n) is 10.7. The molecular formula is C15H14ClNO3. The predicted molar refractivity (Wildman–Crippen MR) is 73.2 cm³/mol. The first-order valence-corrected chi connectivity index (χ1v) is 7.28. The summed E-state index contributed by atoms with van der Waals surface area (Å²) in [6, 6.07) is 7.06. The average Bonchev–Trinajstić information content (AvgIpc) is 2.99. The molecule has 2 bridgehead atoms. The Labute approximate surface area is 121 Å². The number of benzene rings is 1. The Morgan fingerprint density at radius 2 is 2.20 bits per heavy atom. The highest BCUT2D eigenvalue weighted by Gasteiger charge is 2.63. The minimum Gasteiger partial charge on any atom is -0.462 e. The summed E-state index contributed by atoms with van der Waals surface area (Å²) < 4.78 is 5.35. The fraction of sp³-hybridized carbons (Fsp3) is 0.467. The second-order valence-corrected chi connectivity index (χ2v) is 6.36. The summed E-state index contributed by atoms with van der Waals surface area (Å²) in [6.07, 6.45) is 1.84. The molecule has 3 fully saturated rings. The smallest absolute Gasteiger partial charge is 0.310 e. The van der Waals surface area contributed by atoms with E-state index in [0.29, 0.717) is 10.7 Å². The summed E-state index contributed by atoms with van der Waals surface area (Å²) in [5.74, 6) is -0.222. The molecule has 104 valence electrons. The van der Waals surface area contributed by atoms with E-state index in [2.05, 4.69) is 5.32 Å². The Morgan fingerprint density at radius 1 is 1.35 bits per heavy atom. The third-order valence-electron chi connectivity index (χ3n) is 4.88. The Balaban J connectivity index is 1.56. The van der Waals surface area contributed by atoms with Gasteiger partial charge in [-0.25, -0.2) is 0 Å². The van der Waals surface area contributed by atoms with Gasteiger partial charge in [0, 0.05) is 16.6 Å². The molecule has 1 saturated heterocycles. The van der Waals surface area contributed by atoms with Crippen LogP contribution in [0.1, 0.15) is 12.8 Å². The van der Waals surface area contributed by atoms with Gasteiger partial charge in [0.1, 0.15) is 6.10 Å². The molecule has 20 heavy (non-hydrogen) atoms. The molecule has 3 aliphatic rings. The molecule has 1 aromatic carbocycles. The molecule has 1 aromatic rings. The monoisotopic (exact) mass is 291 g/mol. The van der Waals surface area contributed by atoms with Gasteiger partial charge in [-0.05, 0) is 37.0 Å². The lowest BCUT2D eigenvalue weighted by Crippen LogP contribution is -2.35. The maximum absolute atomic E-state index is 12.5. The van der Waals surface area contributed by atoms with Crippen LogP contribution in [0.25, 0.3) is 0 Å². The molecule has 5 atom stereocenters. The van der Waals surface area contributed by atoms with Crippen molar-refractivity contribution in [3.8, 4) is 0 Å². The highest BCUT2D eigenvalue weighted by molar-refractivity contribution is 6.30. The first-order valence-electron chi connectivity index (χ1n) is 6.90. The van der Waals surface area contributed by atoms with Gasteiger partial charge in [-0.1, -0.05) is 17.7 Å². The number of ether oxygens (including phenoxy) is 1. The zero-order chi connectivity index (χ0) is 13.9. The first-order chi connectivity index (χ1) is 9.63. The molecule has 4 rings (SSSR count). The molecule has 5 heteroatoms. The number of carbonyl (C=O) groups excluding carboxylic acids is 2. The van der Waals surface area contributed by atoms with Crippen LogP contribution in [0.15, 0.2) is 24.3 Å². The van der Waals surface area contributed by atoms with Crippen molar-refractivity contribution in [3.05, 3.63) is 29.3 Å². The lowest BCUT2D eigenvalue weighted by Gasteiger charge is -2.23. The summed E-state index contributed by atoms with van der Waals surface area (Å²) >= 11 is 5.91. The van der Waals surface area contributed by atoms with Gasteiger partial charge in [0.05, 0.1) is 11.8 Å². The third kappa shape index (κ3) is 1.67. The fourth-order valence-corrected chi connectivity index (χ4v) is 4.35. The van der Waals surface area contributed by atoms with Gasteiger partial charge in [-0.3, -0.25) is 9.59 Å². The van der Waals surface area contributed by atoms with Crippen LogP contribution in [0.4, 0.5) is 5.69 Å². The summed E-state index contributed by atoms with van der Waals surface area (Å²) in [4.78, 5) is 24.4. The quantitative estimate of drug-likeness (QED) is 0.852. The highest BCUT2D eigenvalue weighted by Crippen LogP contribution is 2.57. The number of amides is 1. The van der Waals surface area contributed by atoms with Crippen LogP contribution in [0.2, 0.25) is 5.02 Å². The van der Waals surface area contributed by atoms with Crippen molar-refractivity contribution in [2.24, 2.45) is 23.7 Å². The van der Waals surface area contributed by atoms with Gasteiger partial charge >= 0.3 is 5.97 Å². The first kappa shape index (κ1) is 12.2. The summed E-state index contributed by atoms with van der Waals surface area (Å²) in [5.41, 5.74) is 0.674. The number of esters is 1. The number of carbonyl (C=O) groups is 2. The van der Waals surface area contributed by atoms with Crippen molar-refractivity contribution in [1.82, 2.24) is 0 Å². The molecule has 2 saturated carbocycles. The van der Waals surface area contributed by atoms with Gasteiger partial charge in [0.25, 0.3) is 0 Å². The van der Waals surface area contributed by atoms with E-state index in [0.717, 1.165) is 12.8 Å². The predicted octanol–water partition coefficient (Wildman–Crippen LogP) is 2.48. The molecule has 4 nitrogen and oxygen atoms in total. The molecule has 1 heterocycles. The summed E-state index contributed by atoms with van der Waals surface area (Å²) in [6.45, 7) is 0. The van der Waals surface area contributed by atoms with E-state index in [1.54, 1.807) is 24.3 Å². The van der Waals surface area contributed by atoms with Crippen molar-refractivity contribution in [2.75, 3.05) is 5.32 Å². The maximum Gasteiger partial charge on any atom is 0.310 e. The Bertz CT molecular complexity index is 601. The normalized spacial score (nSPS) is 37.0. The molecule has 1 aliphatic heterocycles. The van der Waals surface area contributed by atoms with Crippen molar-refractivity contribution < 1.29 is 14.3 Å². The van der Waals surface area contributed by atoms with Gasteiger partial charge in [0.2, 0.25) is 5.91 Å². The van der Waals surface area contributed by atoms with Gasteiger partial charge in [-0.2, -0.15) is 0 Å². The van der Waals surface area contributed by atoms with Crippen molar-refractivity contribution in [2.45, 2.75) is 18.9 Å². The zero-order valence-corrected chi connectivity index (χ0v) is 11.5. The standard InChI is InChI=1S/C15H14ClNO3/c16-8-2-1-3-9(6-8)17-14(18)12-7-4-10-11(5-7)20-15(19)13(10)12/h1-3,6-7,10-13H,4-5H2,(H,17,18)/t7-,10+,11+,12-,13+/m1/s1. The van der Waals surface area contributed by atoms with Crippen LogP contribution in [0, 0.1) is 23.7 Å². The second kappa shape index (κ2) is 4.22. The fourth-order valence-electron chi connectivity index (χ4n) is 4.16. The highest BCUT2D eigenvalue weighted by atomic mass is 35.5. The number of fused-ring (bicyclic) bond motifs is 1. The largest absolute Gasteiger partial charge is 0.462 e. The minimum absolute atomic E-state index is 0.0627. The van der Waals surface area contributed by atoms with E-state index in [4.69, 9.17) is 16.3 Å². The number of hydrogen-bond acceptors (Lipinski definition) is 3. The van der Waals surface area contributed by atoms with Gasteiger partial charge < -0.3 is 10.1 Å². The van der Waals surface area contributed by atoms with Crippen LogP contribution in [-0.4, -0.2) is 18.0 Å². The number of rotatable bonds is 2. The molecular weight excluding hydrogens is 278 g/mol. The van der Waals surface area contributed by atoms with E-state index < -0.39 is 0 Å². The van der Waals surface area contributed by atoms with Gasteiger partial charge in [-0.15, -0.1) is 0 Å². The molecule has 0 spiro atoms. The number of nitrogens with one attached hydrogen (secondary N) is 1. The Morgan fingerprint density at radius 3 is 3.00 bits per heavy atom. The van der Waals surface area contributed by atoms with E-state index >= 15 is 0 Å². The van der Waals surface area contributed by atoms with E-state index in [9.17, 15) is 9.59 Å². The summed E-state index contributed by atoms with van der Waals surface area (Å²) in [7, 11) is 0. The molecule has 0 aromatic heterocycles. The Hall–Kier alpha value is -1.55. The second-order valence-electron chi connectivity index (χ2n) is 5.92. The molecule has 2 aliphatic carbocycles. The third-order valence-corrected chi connectivity index (χ3v) is 5.11. The van der Waals surface area contributed by atoms with Gasteiger partial charge in [0.15, 0.2) is 0 Å². The van der Waals surface area contributed by atoms with E-state index in [-0.39, 0.29) is 41.7 Å². The molecule has 1 amide bonds. The summed E-state index contributed by atoms with van der Waals surface area (Å²) in [5, 5.41) is 3.46. The number of halogens is 1. The van der Waals surface area contributed by atoms with Crippen LogP contribution < -0.4 is 5.32 Å². The van der Waals surface area contributed by atoms with E-state index in [1.807, 2.05) is 0 Å². The molecule has 0 unspecified atom stereocenters. The molecule has 1 N–H and O–H groups in total. The average molecular weight is 292 g/mol. The number of anilines is 1. The SMILES string of the molecule is O=C(Nc1cccc(Cl)c1)[C@@H]1[C@@H]2C[C@@H]3[C@@H]1C(=O)O[C@H]3C2. The topological polar surface area (TPSA) is 55.4 Å². The number of hydrogen-bond donors (Lipinski definition) is 1. The lowest BCUT2D eigenvalue weighted by atomic mass is 9.79.